The highest BCUT2D eigenvalue weighted by molar-refractivity contribution is 6.52. The van der Waals surface area contributed by atoms with E-state index in [-0.39, 0.29) is 11.7 Å². The maximum atomic E-state index is 12.2. The van der Waals surface area contributed by atoms with Crippen LogP contribution in [0.25, 0.3) is 0 Å². The van der Waals surface area contributed by atoms with Gasteiger partial charge in [0.1, 0.15) is 0 Å². The predicted molar refractivity (Wildman–Crippen MR) is 82.4 cm³/mol. The van der Waals surface area contributed by atoms with Crippen LogP contribution in [0, 0.1) is 0 Å². The summed E-state index contributed by atoms with van der Waals surface area (Å²) in [6.07, 6.45) is 6.25. The van der Waals surface area contributed by atoms with E-state index in [9.17, 15) is 9.59 Å². The predicted octanol–water partition coefficient (Wildman–Crippen LogP) is 2.83. The molecule has 0 atom stereocenters. The molecule has 0 unspecified atom stereocenters. The number of para-hydroxylation sites is 1. The first-order valence-corrected chi connectivity index (χ1v) is 7.91. The second-order valence-electron chi connectivity index (χ2n) is 5.92. The Morgan fingerprint density at radius 3 is 2.57 bits per heavy atom. The van der Waals surface area contributed by atoms with E-state index in [0.29, 0.717) is 18.3 Å². The summed E-state index contributed by atoms with van der Waals surface area (Å²) in [7, 11) is 0. The standard InChI is InChI=1S/C17H22N2O2/c1-2-18(13-8-4-3-5-9-13)12-19-15-11-7-6-10-14(15)16(20)17(19)21/h6-7,10-11,13H,2-5,8-9,12H2,1H3. The maximum Gasteiger partial charge on any atom is 0.300 e. The van der Waals surface area contributed by atoms with Crippen LogP contribution in [0.5, 0.6) is 0 Å². The van der Waals surface area contributed by atoms with E-state index in [1.165, 1.54) is 32.1 Å². The molecule has 1 amide bonds. The third-order valence-electron chi connectivity index (χ3n) is 4.70. The van der Waals surface area contributed by atoms with Gasteiger partial charge in [-0.15, -0.1) is 0 Å². The Labute approximate surface area is 125 Å². The molecule has 1 aliphatic carbocycles. The fourth-order valence-electron chi connectivity index (χ4n) is 3.49. The first-order valence-electron chi connectivity index (χ1n) is 7.91. The van der Waals surface area contributed by atoms with Crippen molar-refractivity contribution in [3.05, 3.63) is 29.8 Å². The molecule has 1 aliphatic heterocycles. The van der Waals surface area contributed by atoms with Crippen molar-refractivity contribution in [3.8, 4) is 0 Å². The van der Waals surface area contributed by atoms with Crippen LogP contribution < -0.4 is 4.90 Å². The molecule has 1 saturated carbocycles. The molecule has 0 saturated heterocycles. The SMILES string of the molecule is CCN(CN1C(=O)C(=O)c2ccccc21)C1CCCCC1. The van der Waals surface area contributed by atoms with E-state index in [2.05, 4.69) is 11.8 Å². The van der Waals surface area contributed by atoms with Gasteiger partial charge in [0.05, 0.1) is 17.9 Å². The van der Waals surface area contributed by atoms with Gasteiger partial charge in [0.15, 0.2) is 0 Å². The monoisotopic (exact) mass is 286 g/mol. The molecule has 0 bridgehead atoms. The Hall–Kier alpha value is -1.68. The summed E-state index contributed by atoms with van der Waals surface area (Å²) >= 11 is 0. The zero-order chi connectivity index (χ0) is 14.8. The summed E-state index contributed by atoms with van der Waals surface area (Å²) < 4.78 is 0. The molecular formula is C17H22N2O2. The molecule has 3 rings (SSSR count). The van der Waals surface area contributed by atoms with Gasteiger partial charge < -0.3 is 0 Å². The molecule has 1 aromatic carbocycles. The van der Waals surface area contributed by atoms with E-state index in [1.807, 2.05) is 18.2 Å². The zero-order valence-electron chi connectivity index (χ0n) is 12.5. The Morgan fingerprint density at radius 2 is 1.86 bits per heavy atom. The Morgan fingerprint density at radius 1 is 1.14 bits per heavy atom. The Bertz CT molecular complexity index is 549. The van der Waals surface area contributed by atoms with E-state index < -0.39 is 0 Å². The van der Waals surface area contributed by atoms with Crippen molar-refractivity contribution < 1.29 is 9.59 Å². The van der Waals surface area contributed by atoms with Gasteiger partial charge in [-0.2, -0.15) is 0 Å². The zero-order valence-corrected chi connectivity index (χ0v) is 12.5. The number of hydrogen-bond acceptors (Lipinski definition) is 3. The van der Waals surface area contributed by atoms with Gasteiger partial charge in [-0.1, -0.05) is 38.3 Å². The lowest BCUT2D eigenvalue weighted by Gasteiger charge is -2.36. The number of amides is 1. The van der Waals surface area contributed by atoms with Crippen molar-refractivity contribution in [1.82, 2.24) is 4.90 Å². The summed E-state index contributed by atoms with van der Waals surface area (Å²) in [5.74, 6) is -0.754. The molecule has 4 nitrogen and oxygen atoms in total. The smallest absolute Gasteiger partial charge is 0.291 e. The summed E-state index contributed by atoms with van der Waals surface area (Å²) in [6.45, 7) is 3.57. The number of carbonyl (C=O) groups excluding carboxylic acids is 2. The van der Waals surface area contributed by atoms with Gasteiger partial charge in [0.25, 0.3) is 5.78 Å². The van der Waals surface area contributed by atoms with Crippen LogP contribution >= 0.6 is 0 Å². The van der Waals surface area contributed by atoms with Crippen molar-refractivity contribution >= 4 is 17.4 Å². The van der Waals surface area contributed by atoms with Crippen molar-refractivity contribution in [2.24, 2.45) is 0 Å². The molecule has 1 heterocycles. The minimum atomic E-state index is -0.384. The number of anilines is 1. The molecular weight excluding hydrogens is 264 g/mol. The molecule has 4 heteroatoms. The van der Waals surface area contributed by atoms with Gasteiger partial charge in [0.2, 0.25) is 0 Å². The number of fused-ring (bicyclic) bond motifs is 1. The second-order valence-corrected chi connectivity index (χ2v) is 5.92. The second kappa shape index (κ2) is 5.98. The summed E-state index contributed by atoms with van der Waals surface area (Å²) in [6, 6.07) is 7.85. The number of benzene rings is 1. The minimum absolute atomic E-state index is 0.370. The first-order chi connectivity index (χ1) is 10.2. The van der Waals surface area contributed by atoms with E-state index >= 15 is 0 Å². The van der Waals surface area contributed by atoms with Crippen LogP contribution in [0.2, 0.25) is 0 Å². The van der Waals surface area contributed by atoms with Crippen molar-refractivity contribution in [3.63, 3.8) is 0 Å². The molecule has 1 fully saturated rings. The molecule has 0 N–H and O–H groups in total. The summed E-state index contributed by atoms with van der Waals surface area (Å²) in [5.41, 5.74) is 1.31. The Kier molecular flexibility index (Phi) is 4.06. The van der Waals surface area contributed by atoms with Crippen molar-refractivity contribution in [2.75, 3.05) is 18.1 Å². The highest BCUT2D eigenvalue weighted by atomic mass is 16.2. The molecule has 1 aromatic rings. The number of nitrogens with zero attached hydrogens (tertiary/aromatic N) is 2. The lowest BCUT2D eigenvalue weighted by atomic mass is 9.94. The summed E-state index contributed by atoms with van der Waals surface area (Å²) in [4.78, 5) is 28.3. The number of hydrogen-bond donors (Lipinski definition) is 0. The minimum Gasteiger partial charge on any atom is -0.291 e. The molecule has 2 aliphatic rings. The molecule has 0 aromatic heterocycles. The van der Waals surface area contributed by atoms with Crippen LogP contribution in [0.3, 0.4) is 0 Å². The van der Waals surface area contributed by atoms with E-state index in [0.717, 1.165) is 12.2 Å². The lowest BCUT2D eigenvalue weighted by Crippen LogP contribution is -2.46. The van der Waals surface area contributed by atoms with Crippen LogP contribution in [0.4, 0.5) is 5.69 Å². The topological polar surface area (TPSA) is 40.6 Å². The number of carbonyl (C=O) groups is 2. The average molecular weight is 286 g/mol. The fourth-order valence-corrected chi connectivity index (χ4v) is 3.49. The fraction of sp³-hybridized carbons (Fsp3) is 0.529. The molecule has 112 valence electrons. The number of ketones is 1. The number of rotatable bonds is 4. The average Bonchev–Trinajstić information content (AvgIpc) is 2.78. The van der Waals surface area contributed by atoms with Gasteiger partial charge >= 0.3 is 5.91 Å². The third kappa shape index (κ3) is 2.60. The van der Waals surface area contributed by atoms with Crippen LogP contribution in [-0.2, 0) is 4.79 Å². The largest absolute Gasteiger partial charge is 0.300 e. The van der Waals surface area contributed by atoms with Crippen LogP contribution in [0.1, 0.15) is 49.4 Å². The van der Waals surface area contributed by atoms with E-state index in [4.69, 9.17) is 0 Å². The molecule has 21 heavy (non-hydrogen) atoms. The van der Waals surface area contributed by atoms with Gasteiger partial charge in [-0.25, -0.2) is 0 Å². The summed E-state index contributed by atoms with van der Waals surface area (Å²) in [5, 5.41) is 0. The first kappa shape index (κ1) is 14.3. The normalized spacial score (nSPS) is 19.4. The highest BCUT2D eigenvalue weighted by Gasteiger charge is 2.36. The third-order valence-corrected chi connectivity index (χ3v) is 4.70. The van der Waals surface area contributed by atoms with Crippen molar-refractivity contribution in [1.29, 1.82) is 0 Å². The van der Waals surface area contributed by atoms with Gasteiger partial charge in [-0.3, -0.25) is 19.4 Å². The van der Waals surface area contributed by atoms with Crippen molar-refractivity contribution in [2.45, 2.75) is 45.1 Å². The quantitative estimate of drug-likeness (QED) is 0.799. The highest BCUT2D eigenvalue weighted by Crippen LogP contribution is 2.30. The number of Topliss-reactive ketones (excluding diaryl/α,β-unsaturated/α-hetero) is 1. The van der Waals surface area contributed by atoms with E-state index in [1.54, 1.807) is 11.0 Å². The maximum absolute atomic E-state index is 12.2. The van der Waals surface area contributed by atoms with Crippen LogP contribution in [-0.4, -0.2) is 35.8 Å². The molecule has 0 spiro atoms. The van der Waals surface area contributed by atoms with Gasteiger partial charge in [0, 0.05) is 6.04 Å². The van der Waals surface area contributed by atoms with Crippen LogP contribution in [0.15, 0.2) is 24.3 Å². The van der Waals surface area contributed by atoms with Gasteiger partial charge in [-0.05, 0) is 31.5 Å². The Balaban J connectivity index is 1.80. The lowest BCUT2D eigenvalue weighted by molar-refractivity contribution is -0.114. The molecule has 0 radical (unpaired) electrons.